The third-order valence-electron chi connectivity index (χ3n) is 5.17. The van der Waals surface area contributed by atoms with Crippen molar-refractivity contribution < 1.29 is 14.6 Å². The van der Waals surface area contributed by atoms with Crippen molar-refractivity contribution in [1.82, 2.24) is 19.9 Å². The van der Waals surface area contributed by atoms with E-state index in [4.69, 9.17) is 4.74 Å². The van der Waals surface area contributed by atoms with Crippen LogP contribution in [-0.2, 0) is 0 Å². The second-order valence-corrected chi connectivity index (χ2v) is 7.28. The first-order valence-corrected chi connectivity index (χ1v) is 10.5. The Bertz CT molecular complexity index is 1220. The second-order valence-electron chi connectivity index (χ2n) is 7.28. The van der Waals surface area contributed by atoms with E-state index in [1.54, 1.807) is 56.9 Å². The molecule has 9 nitrogen and oxygen atoms in total. The summed E-state index contributed by atoms with van der Waals surface area (Å²) in [5, 5.41) is 16.6. The number of unbranched alkanes of at least 4 members (excludes halogenated alkanes) is 1. The molecule has 1 unspecified atom stereocenters. The molecule has 0 radical (unpaired) electrons. The summed E-state index contributed by atoms with van der Waals surface area (Å²) in [4.78, 5) is 26.8. The lowest BCUT2D eigenvalue weighted by atomic mass is 10.1. The smallest absolute Gasteiger partial charge is 0.256 e. The van der Waals surface area contributed by atoms with Gasteiger partial charge in [-0.25, -0.2) is 9.97 Å². The first kappa shape index (κ1) is 22.0. The van der Waals surface area contributed by atoms with Gasteiger partial charge in [0.05, 0.1) is 18.9 Å². The Morgan fingerprint density at radius 2 is 2.09 bits per heavy atom. The van der Waals surface area contributed by atoms with Gasteiger partial charge in [0.15, 0.2) is 6.23 Å². The summed E-state index contributed by atoms with van der Waals surface area (Å²) in [6, 6.07) is 10.7. The number of aromatic nitrogens is 3. The number of benzene rings is 1. The number of hydrogen-bond acceptors (Lipinski definition) is 8. The number of aliphatic hydroxyl groups is 1. The minimum absolute atomic E-state index is 0.146. The number of amides is 1. The Hall–Kier alpha value is -4.16. The maximum Gasteiger partial charge on any atom is 0.256 e. The summed E-state index contributed by atoms with van der Waals surface area (Å²) in [6.07, 6.45) is 3.59. The zero-order valence-corrected chi connectivity index (χ0v) is 18.4. The van der Waals surface area contributed by atoms with E-state index in [-0.39, 0.29) is 5.91 Å². The van der Waals surface area contributed by atoms with E-state index in [0.29, 0.717) is 53.7 Å². The Morgan fingerprint density at radius 1 is 1.24 bits per heavy atom. The molecular weight excluding hydrogens is 420 g/mol. The Morgan fingerprint density at radius 3 is 2.88 bits per heavy atom. The van der Waals surface area contributed by atoms with Gasteiger partial charge in [0.2, 0.25) is 11.8 Å². The molecule has 3 N–H and O–H groups in total. The second kappa shape index (κ2) is 9.97. The summed E-state index contributed by atoms with van der Waals surface area (Å²) in [6.45, 7) is 0.428. The molecule has 3 heterocycles. The van der Waals surface area contributed by atoms with E-state index in [9.17, 15) is 9.90 Å². The molecule has 0 saturated carbocycles. The minimum atomic E-state index is -0.897. The fourth-order valence-electron chi connectivity index (χ4n) is 3.52. The van der Waals surface area contributed by atoms with Crippen LogP contribution in [-0.4, -0.2) is 51.6 Å². The van der Waals surface area contributed by atoms with Crippen LogP contribution in [0.2, 0.25) is 0 Å². The van der Waals surface area contributed by atoms with Crippen molar-refractivity contribution in [3.63, 3.8) is 0 Å². The number of nitrogens with zero attached hydrogens (tertiary/aromatic N) is 4. The average molecular weight is 444 g/mol. The molecule has 9 heteroatoms. The fourth-order valence-corrected chi connectivity index (χ4v) is 3.52. The lowest BCUT2D eigenvalue weighted by Gasteiger charge is -2.20. The summed E-state index contributed by atoms with van der Waals surface area (Å²) >= 11 is 0. The minimum Gasteiger partial charge on any atom is -0.481 e. The number of fused-ring (bicyclic) bond motifs is 1. The third-order valence-corrected chi connectivity index (χ3v) is 5.17. The molecule has 4 rings (SSSR count). The lowest BCUT2D eigenvalue weighted by Crippen LogP contribution is -2.28. The number of hydrogen-bond donors (Lipinski definition) is 3. The quantitative estimate of drug-likeness (QED) is 0.377. The molecule has 1 aliphatic rings. The van der Waals surface area contributed by atoms with Crippen LogP contribution in [0.3, 0.4) is 0 Å². The van der Waals surface area contributed by atoms with Crippen molar-refractivity contribution in [2.45, 2.75) is 19.1 Å². The van der Waals surface area contributed by atoms with Crippen LogP contribution in [0.15, 0.2) is 48.8 Å². The molecule has 2 aromatic heterocycles. The number of ether oxygens (including phenoxy) is 1. The molecule has 0 fully saturated rings. The van der Waals surface area contributed by atoms with Gasteiger partial charge in [-0.15, -0.1) is 0 Å². The number of methoxy groups -OCH3 is 1. The van der Waals surface area contributed by atoms with Crippen LogP contribution >= 0.6 is 0 Å². The predicted octanol–water partition coefficient (Wildman–Crippen LogP) is 2.94. The molecular formula is C24H24N6O3. The van der Waals surface area contributed by atoms with E-state index in [1.165, 1.54) is 4.90 Å². The maximum atomic E-state index is 12.5. The monoisotopic (exact) mass is 444 g/mol. The predicted molar refractivity (Wildman–Crippen MR) is 124 cm³/mol. The summed E-state index contributed by atoms with van der Waals surface area (Å²) in [5.74, 6) is 7.54. The number of carbonyl (C=O) groups excluding carboxylic acids is 1. The van der Waals surface area contributed by atoms with Gasteiger partial charge in [-0.1, -0.05) is 30.0 Å². The van der Waals surface area contributed by atoms with Crippen LogP contribution < -0.4 is 15.4 Å². The van der Waals surface area contributed by atoms with Gasteiger partial charge < -0.3 is 25.4 Å². The average Bonchev–Trinajstić information content (AvgIpc) is 3.09. The highest BCUT2D eigenvalue weighted by molar-refractivity contribution is 5.98. The van der Waals surface area contributed by atoms with Gasteiger partial charge in [-0.3, -0.25) is 4.79 Å². The molecule has 1 aliphatic heterocycles. The maximum absolute atomic E-state index is 12.5. The molecule has 0 aliphatic carbocycles. The summed E-state index contributed by atoms with van der Waals surface area (Å²) in [7, 11) is 3.32. The molecule has 1 amide bonds. The van der Waals surface area contributed by atoms with E-state index in [1.807, 2.05) is 6.07 Å². The van der Waals surface area contributed by atoms with Crippen molar-refractivity contribution in [3.05, 3.63) is 65.5 Å². The first-order chi connectivity index (χ1) is 16.1. The van der Waals surface area contributed by atoms with E-state index >= 15 is 0 Å². The molecule has 33 heavy (non-hydrogen) atoms. The summed E-state index contributed by atoms with van der Waals surface area (Å²) < 4.78 is 5.12. The SMILES string of the molecule is CNc1nc(Nc2ccnc(OC)c2)ncc1C#CCCCN1C(=O)c2ccccc2C1O. The van der Waals surface area contributed by atoms with Crippen molar-refractivity contribution in [1.29, 1.82) is 0 Å². The van der Waals surface area contributed by atoms with Crippen molar-refractivity contribution in [2.75, 3.05) is 31.3 Å². The Balaban J connectivity index is 1.35. The number of rotatable bonds is 7. The van der Waals surface area contributed by atoms with Crippen molar-refractivity contribution in [3.8, 4) is 17.7 Å². The molecule has 1 aromatic carbocycles. The van der Waals surface area contributed by atoms with Crippen LogP contribution in [0.1, 0.15) is 40.6 Å². The van der Waals surface area contributed by atoms with Crippen LogP contribution in [0.4, 0.5) is 17.5 Å². The van der Waals surface area contributed by atoms with Gasteiger partial charge in [-0.2, -0.15) is 4.98 Å². The Kier molecular flexibility index (Phi) is 6.66. The molecule has 168 valence electrons. The topological polar surface area (TPSA) is 113 Å². The first-order valence-electron chi connectivity index (χ1n) is 10.5. The van der Waals surface area contributed by atoms with Crippen LogP contribution in [0, 0.1) is 11.8 Å². The van der Waals surface area contributed by atoms with Crippen molar-refractivity contribution >= 4 is 23.4 Å². The molecule has 3 aromatic rings. The van der Waals surface area contributed by atoms with Gasteiger partial charge >= 0.3 is 0 Å². The van der Waals surface area contributed by atoms with Gasteiger partial charge in [0, 0.05) is 49.1 Å². The molecule has 0 bridgehead atoms. The number of aliphatic hydroxyl groups excluding tert-OH is 1. The molecule has 0 spiro atoms. The fraction of sp³-hybridized carbons (Fsp3) is 0.250. The number of anilines is 3. The van der Waals surface area contributed by atoms with E-state index in [2.05, 4.69) is 37.4 Å². The van der Waals surface area contributed by atoms with Crippen molar-refractivity contribution in [2.24, 2.45) is 0 Å². The highest BCUT2D eigenvalue weighted by Gasteiger charge is 2.34. The van der Waals surface area contributed by atoms with E-state index < -0.39 is 6.23 Å². The summed E-state index contributed by atoms with van der Waals surface area (Å²) in [5.41, 5.74) is 2.64. The highest BCUT2D eigenvalue weighted by Crippen LogP contribution is 2.31. The standard InChI is InChI=1S/C24H24N6O3/c1-25-21-16(15-27-24(29-21)28-17-11-12-26-20(14-17)33-2)8-4-3-7-13-30-22(31)18-9-5-6-10-19(18)23(30)32/h5-6,9-12,14-15,22,31H,3,7,13H2,1-2H3,(H2,25,26,27,28,29). The third kappa shape index (κ3) is 4.86. The number of carbonyl (C=O) groups is 1. The lowest BCUT2D eigenvalue weighted by molar-refractivity contribution is 0.0174. The van der Waals surface area contributed by atoms with Gasteiger partial charge in [-0.05, 0) is 18.6 Å². The highest BCUT2D eigenvalue weighted by atomic mass is 16.5. The zero-order valence-electron chi connectivity index (χ0n) is 18.4. The number of pyridine rings is 1. The Labute approximate surface area is 191 Å². The molecule has 1 atom stereocenters. The largest absolute Gasteiger partial charge is 0.481 e. The van der Waals surface area contributed by atoms with Gasteiger partial charge in [0.1, 0.15) is 5.82 Å². The molecule has 0 saturated heterocycles. The van der Waals surface area contributed by atoms with E-state index in [0.717, 1.165) is 5.69 Å². The van der Waals surface area contributed by atoms with Gasteiger partial charge in [0.25, 0.3) is 5.91 Å². The van der Waals surface area contributed by atoms with Crippen LogP contribution in [0.5, 0.6) is 5.88 Å². The normalized spacial score (nSPS) is 14.3. The van der Waals surface area contributed by atoms with Crippen LogP contribution in [0.25, 0.3) is 0 Å². The zero-order chi connectivity index (χ0) is 23.2. The number of nitrogens with one attached hydrogen (secondary N) is 2.